The molecule has 1 atom stereocenters. The summed E-state index contributed by atoms with van der Waals surface area (Å²) < 4.78 is 40.3. The number of anilines is 1. The molecular formula is C13H19FN2O2S. The van der Waals surface area contributed by atoms with Gasteiger partial charge in [-0.3, -0.25) is 0 Å². The molecule has 4 nitrogen and oxygen atoms in total. The molecule has 0 amide bonds. The highest BCUT2D eigenvalue weighted by atomic mass is 32.2. The van der Waals surface area contributed by atoms with E-state index in [1.165, 1.54) is 25.0 Å². The van der Waals surface area contributed by atoms with Crippen LogP contribution in [-0.4, -0.2) is 14.5 Å². The second-order valence-electron chi connectivity index (χ2n) is 5.09. The summed E-state index contributed by atoms with van der Waals surface area (Å²) in [6.45, 7) is 1.94. The summed E-state index contributed by atoms with van der Waals surface area (Å²) in [5.74, 6) is -0.0751. The lowest BCUT2D eigenvalue weighted by atomic mass is 10.1. The number of rotatable bonds is 6. The number of benzene rings is 1. The number of nitrogen functional groups attached to an aromatic ring is 1. The van der Waals surface area contributed by atoms with Crippen molar-refractivity contribution in [2.24, 2.45) is 5.92 Å². The first-order valence-corrected chi connectivity index (χ1v) is 7.98. The molecule has 1 aromatic carbocycles. The van der Waals surface area contributed by atoms with E-state index in [9.17, 15) is 12.8 Å². The van der Waals surface area contributed by atoms with Gasteiger partial charge in [-0.25, -0.2) is 17.5 Å². The van der Waals surface area contributed by atoms with Crippen molar-refractivity contribution in [2.45, 2.75) is 43.5 Å². The lowest BCUT2D eigenvalue weighted by molar-refractivity contribution is 0.495. The van der Waals surface area contributed by atoms with Crippen LogP contribution >= 0.6 is 0 Å². The highest BCUT2D eigenvalue weighted by Gasteiger charge is 2.27. The maximum Gasteiger partial charge on any atom is 0.240 e. The SMILES string of the molecule is CCC(CC1CC1)NS(=O)(=O)c1ccc(N)c(F)c1. The van der Waals surface area contributed by atoms with E-state index in [4.69, 9.17) is 5.73 Å². The third-order valence-electron chi connectivity index (χ3n) is 3.41. The fraction of sp³-hybridized carbons (Fsp3) is 0.538. The van der Waals surface area contributed by atoms with Gasteiger partial charge in [0.25, 0.3) is 0 Å². The zero-order valence-electron chi connectivity index (χ0n) is 10.9. The lowest BCUT2D eigenvalue weighted by Gasteiger charge is -2.17. The molecule has 0 heterocycles. The van der Waals surface area contributed by atoms with E-state index in [0.717, 1.165) is 18.9 Å². The van der Waals surface area contributed by atoms with Crippen molar-refractivity contribution in [2.75, 3.05) is 5.73 Å². The maximum absolute atomic E-state index is 13.3. The predicted octanol–water partition coefficient (Wildman–Crippen LogP) is 2.26. The second-order valence-corrected chi connectivity index (χ2v) is 6.80. The molecule has 0 aromatic heterocycles. The van der Waals surface area contributed by atoms with Crippen molar-refractivity contribution < 1.29 is 12.8 Å². The highest BCUT2D eigenvalue weighted by molar-refractivity contribution is 7.89. The Balaban J connectivity index is 2.13. The lowest BCUT2D eigenvalue weighted by Crippen LogP contribution is -2.34. The summed E-state index contributed by atoms with van der Waals surface area (Å²) in [7, 11) is -3.67. The monoisotopic (exact) mass is 286 g/mol. The average Bonchev–Trinajstić information content (AvgIpc) is 3.15. The van der Waals surface area contributed by atoms with Gasteiger partial charge in [0.1, 0.15) is 5.82 Å². The van der Waals surface area contributed by atoms with Crippen LogP contribution in [0.1, 0.15) is 32.6 Å². The van der Waals surface area contributed by atoms with Crippen molar-refractivity contribution in [3.63, 3.8) is 0 Å². The first kappa shape index (κ1) is 14.3. The first-order valence-electron chi connectivity index (χ1n) is 6.49. The number of nitrogens with one attached hydrogen (secondary N) is 1. The van der Waals surface area contributed by atoms with Crippen LogP contribution in [0, 0.1) is 11.7 Å². The quantitative estimate of drug-likeness (QED) is 0.788. The molecular weight excluding hydrogens is 267 g/mol. The van der Waals surface area contributed by atoms with Gasteiger partial charge in [-0.1, -0.05) is 19.8 Å². The molecule has 19 heavy (non-hydrogen) atoms. The minimum atomic E-state index is -3.67. The van der Waals surface area contributed by atoms with Crippen LogP contribution < -0.4 is 10.5 Å². The van der Waals surface area contributed by atoms with Gasteiger partial charge in [-0.15, -0.1) is 0 Å². The van der Waals surface area contributed by atoms with Crippen molar-refractivity contribution >= 4 is 15.7 Å². The van der Waals surface area contributed by atoms with Crippen molar-refractivity contribution in [1.82, 2.24) is 4.72 Å². The second kappa shape index (κ2) is 5.46. The van der Waals surface area contributed by atoms with Crippen LogP contribution in [0.3, 0.4) is 0 Å². The van der Waals surface area contributed by atoms with E-state index < -0.39 is 15.8 Å². The van der Waals surface area contributed by atoms with E-state index in [1.54, 1.807) is 0 Å². The molecule has 1 aromatic rings. The molecule has 0 radical (unpaired) electrons. The van der Waals surface area contributed by atoms with Crippen LogP contribution in [0.2, 0.25) is 0 Å². The van der Waals surface area contributed by atoms with E-state index >= 15 is 0 Å². The van der Waals surface area contributed by atoms with Gasteiger partial charge < -0.3 is 5.73 Å². The number of hydrogen-bond acceptors (Lipinski definition) is 3. The Morgan fingerprint density at radius 3 is 2.68 bits per heavy atom. The molecule has 6 heteroatoms. The van der Waals surface area contributed by atoms with E-state index in [2.05, 4.69) is 4.72 Å². The summed E-state index contributed by atoms with van der Waals surface area (Å²) in [5.41, 5.74) is 5.29. The minimum absolute atomic E-state index is 0.0519. The molecule has 0 spiro atoms. The van der Waals surface area contributed by atoms with Gasteiger partial charge in [-0.2, -0.15) is 0 Å². The Morgan fingerprint density at radius 2 is 2.16 bits per heavy atom. The smallest absolute Gasteiger partial charge is 0.240 e. The minimum Gasteiger partial charge on any atom is -0.396 e. The summed E-state index contributed by atoms with van der Waals surface area (Å²) in [4.78, 5) is -0.0755. The normalized spacial score (nSPS) is 17.4. The van der Waals surface area contributed by atoms with E-state index in [-0.39, 0.29) is 16.6 Å². The molecule has 1 aliphatic carbocycles. The number of halogens is 1. The van der Waals surface area contributed by atoms with Crippen molar-refractivity contribution in [1.29, 1.82) is 0 Å². The van der Waals surface area contributed by atoms with Crippen LogP contribution in [0.5, 0.6) is 0 Å². The molecule has 1 unspecified atom stereocenters. The number of sulfonamides is 1. The average molecular weight is 286 g/mol. The summed E-state index contributed by atoms with van der Waals surface area (Å²) in [5, 5.41) is 0. The third kappa shape index (κ3) is 3.67. The van der Waals surface area contributed by atoms with Crippen molar-refractivity contribution in [3.8, 4) is 0 Å². The van der Waals surface area contributed by atoms with Gasteiger partial charge in [0.05, 0.1) is 10.6 Å². The van der Waals surface area contributed by atoms with Gasteiger partial charge in [0, 0.05) is 6.04 Å². The Bertz CT molecular complexity index is 556. The molecule has 1 fully saturated rings. The molecule has 0 bridgehead atoms. The van der Waals surface area contributed by atoms with Crippen LogP contribution in [-0.2, 0) is 10.0 Å². The van der Waals surface area contributed by atoms with Gasteiger partial charge in [-0.05, 0) is 37.0 Å². The number of hydrogen-bond donors (Lipinski definition) is 2. The van der Waals surface area contributed by atoms with Gasteiger partial charge in [0.15, 0.2) is 0 Å². The Kier molecular flexibility index (Phi) is 4.10. The molecule has 106 valence electrons. The fourth-order valence-electron chi connectivity index (χ4n) is 2.02. The zero-order valence-corrected chi connectivity index (χ0v) is 11.7. The first-order chi connectivity index (χ1) is 8.92. The van der Waals surface area contributed by atoms with Crippen LogP contribution in [0.25, 0.3) is 0 Å². The summed E-state index contributed by atoms with van der Waals surface area (Å²) in [6.07, 6.45) is 3.93. The molecule has 1 aliphatic rings. The molecule has 2 rings (SSSR count). The Morgan fingerprint density at radius 1 is 1.47 bits per heavy atom. The zero-order chi connectivity index (χ0) is 14.0. The molecule has 1 saturated carbocycles. The molecule has 3 N–H and O–H groups in total. The fourth-order valence-corrected chi connectivity index (χ4v) is 3.36. The van der Waals surface area contributed by atoms with Gasteiger partial charge in [0.2, 0.25) is 10.0 Å². The molecule has 0 aliphatic heterocycles. The predicted molar refractivity (Wildman–Crippen MR) is 72.6 cm³/mol. The van der Waals surface area contributed by atoms with E-state index in [1.807, 2.05) is 6.92 Å². The number of nitrogens with two attached hydrogens (primary N) is 1. The summed E-state index contributed by atoms with van der Waals surface area (Å²) >= 11 is 0. The van der Waals surface area contributed by atoms with Crippen molar-refractivity contribution in [3.05, 3.63) is 24.0 Å². The topological polar surface area (TPSA) is 72.2 Å². The Labute approximate surface area is 113 Å². The largest absolute Gasteiger partial charge is 0.396 e. The third-order valence-corrected chi connectivity index (χ3v) is 4.93. The van der Waals surface area contributed by atoms with Crippen LogP contribution in [0.4, 0.5) is 10.1 Å². The summed E-state index contributed by atoms with van der Waals surface area (Å²) in [6, 6.07) is 3.47. The van der Waals surface area contributed by atoms with E-state index in [0.29, 0.717) is 5.92 Å². The van der Waals surface area contributed by atoms with Gasteiger partial charge >= 0.3 is 0 Å². The van der Waals surface area contributed by atoms with Crippen LogP contribution in [0.15, 0.2) is 23.1 Å². The Hall–Kier alpha value is -1.14. The standard InChI is InChI=1S/C13H19FN2O2S/c1-2-10(7-9-3-4-9)16-19(17,18)11-5-6-13(15)12(14)8-11/h5-6,8-10,16H,2-4,7,15H2,1H3. The maximum atomic E-state index is 13.3. The highest BCUT2D eigenvalue weighted by Crippen LogP contribution is 2.34. The molecule has 0 saturated heterocycles.